The third-order valence-corrected chi connectivity index (χ3v) is 3.00. The fourth-order valence-corrected chi connectivity index (χ4v) is 1.89. The molecule has 0 atom stereocenters. The zero-order valence-electron chi connectivity index (χ0n) is 8.99. The highest BCUT2D eigenvalue weighted by Gasteiger charge is 2.47. The van der Waals surface area contributed by atoms with E-state index in [0.29, 0.717) is 11.5 Å². The molecule has 1 heterocycles. The monoisotopic (exact) mass is 209 g/mol. The van der Waals surface area contributed by atoms with Crippen LogP contribution in [-0.4, -0.2) is 30.9 Å². The molecule has 0 radical (unpaired) electrons. The molecular formula is C11H15NO3. The number of hydrogen-bond acceptors (Lipinski definition) is 4. The second kappa shape index (κ2) is 3.70. The van der Waals surface area contributed by atoms with Gasteiger partial charge in [-0.1, -0.05) is 0 Å². The molecule has 2 rings (SSSR count). The van der Waals surface area contributed by atoms with Crippen molar-refractivity contribution < 1.29 is 14.6 Å². The summed E-state index contributed by atoms with van der Waals surface area (Å²) in [6.45, 7) is 0.129. The van der Waals surface area contributed by atoms with Crippen molar-refractivity contribution in [2.45, 2.75) is 18.3 Å². The number of methoxy groups -OCH3 is 2. The number of pyridine rings is 1. The van der Waals surface area contributed by atoms with E-state index >= 15 is 0 Å². The summed E-state index contributed by atoms with van der Waals surface area (Å²) in [7, 11) is 3.21. The van der Waals surface area contributed by atoms with Gasteiger partial charge in [0.15, 0.2) is 0 Å². The Morgan fingerprint density at radius 3 is 2.13 bits per heavy atom. The van der Waals surface area contributed by atoms with Crippen LogP contribution >= 0.6 is 0 Å². The van der Waals surface area contributed by atoms with E-state index in [0.717, 1.165) is 18.4 Å². The maximum absolute atomic E-state index is 9.42. The van der Waals surface area contributed by atoms with Crippen molar-refractivity contribution in [2.24, 2.45) is 0 Å². The molecule has 1 N–H and O–H groups in total. The summed E-state index contributed by atoms with van der Waals surface area (Å²) in [4.78, 5) is 4.03. The van der Waals surface area contributed by atoms with Gasteiger partial charge in [-0.15, -0.1) is 0 Å². The SMILES string of the molecule is COc1cncc(OC)c1C1(CO)CC1. The van der Waals surface area contributed by atoms with Gasteiger partial charge in [-0.2, -0.15) is 0 Å². The Bertz CT molecular complexity index is 339. The topological polar surface area (TPSA) is 51.6 Å². The molecule has 1 aromatic heterocycles. The molecule has 1 fully saturated rings. The van der Waals surface area contributed by atoms with Gasteiger partial charge < -0.3 is 14.6 Å². The van der Waals surface area contributed by atoms with E-state index in [9.17, 15) is 5.11 Å². The first kappa shape index (κ1) is 10.2. The maximum atomic E-state index is 9.42. The summed E-state index contributed by atoms with van der Waals surface area (Å²) < 4.78 is 10.5. The van der Waals surface area contributed by atoms with Crippen LogP contribution in [0, 0.1) is 0 Å². The fourth-order valence-electron chi connectivity index (χ4n) is 1.89. The summed E-state index contributed by atoms with van der Waals surface area (Å²) >= 11 is 0. The second-order valence-electron chi connectivity index (χ2n) is 3.86. The van der Waals surface area contributed by atoms with E-state index in [1.165, 1.54) is 0 Å². The number of nitrogens with zero attached hydrogens (tertiary/aromatic N) is 1. The van der Waals surface area contributed by atoms with Crippen molar-refractivity contribution in [2.75, 3.05) is 20.8 Å². The Morgan fingerprint density at radius 2 is 1.80 bits per heavy atom. The largest absolute Gasteiger partial charge is 0.495 e. The van der Waals surface area contributed by atoms with Crippen LogP contribution in [0.4, 0.5) is 0 Å². The van der Waals surface area contributed by atoms with E-state index in [1.807, 2.05) is 0 Å². The Labute approximate surface area is 88.9 Å². The van der Waals surface area contributed by atoms with Crippen molar-refractivity contribution in [3.63, 3.8) is 0 Å². The molecule has 1 aliphatic rings. The quantitative estimate of drug-likeness (QED) is 0.807. The van der Waals surface area contributed by atoms with Crippen LogP contribution in [0.25, 0.3) is 0 Å². The molecule has 0 aromatic carbocycles. The van der Waals surface area contributed by atoms with Crippen LogP contribution in [0.2, 0.25) is 0 Å². The summed E-state index contributed by atoms with van der Waals surface area (Å²) in [5.74, 6) is 1.39. The molecule has 82 valence electrons. The minimum Gasteiger partial charge on any atom is -0.495 e. The van der Waals surface area contributed by atoms with Crippen LogP contribution in [-0.2, 0) is 5.41 Å². The van der Waals surface area contributed by atoms with Crippen molar-refractivity contribution >= 4 is 0 Å². The highest BCUT2D eigenvalue weighted by molar-refractivity contribution is 5.50. The van der Waals surface area contributed by atoms with Gasteiger partial charge in [0.25, 0.3) is 0 Å². The van der Waals surface area contributed by atoms with Gasteiger partial charge in [0.2, 0.25) is 0 Å². The van der Waals surface area contributed by atoms with E-state index in [4.69, 9.17) is 9.47 Å². The number of rotatable bonds is 4. The Kier molecular flexibility index (Phi) is 2.52. The Balaban J connectivity index is 2.51. The van der Waals surface area contributed by atoms with Crippen molar-refractivity contribution in [3.8, 4) is 11.5 Å². The van der Waals surface area contributed by atoms with Crippen molar-refractivity contribution in [1.29, 1.82) is 0 Å². The molecule has 1 aliphatic carbocycles. The molecule has 15 heavy (non-hydrogen) atoms. The van der Waals surface area contributed by atoms with Crippen molar-refractivity contribution in [1.82, 2.24) is 4.98 Å². The van der Waals surface area contributed by atoms with Crippen LogP contribution in [0.3, 0.4) is 0 Å². The maximum Gasteiger partial charge on any atom is 0.144 e. The lowest BCUT2D eigenvalue weighted by Crippen LogP contribution is -2.15. The average Bonchev–Trinajstić information content (AvgIpc) is 3.08. The van der Waals surface area contributed by atoms with Crippen LogP contribution < -0.4 is 9.47 Å². The second-order valence-corrected chi connectivity index (χ2v) is 3.86. The normalized spacial score (nSPS) is 17.3. The number of aliphatic hydroxyl groups excluding tert-OH is 1. The molecule has 0 bridgehead atoms. The predicted octanol–water partition coefficient (Wildman–Crippen LogP) is 1.12. The number of aromatic nitrogens is 1. The molecule has 0 spiro atoms. The lowest BCUT2D eigenvalue weighted by Gasteiger charge is -2.18. The summed E-state index contributed by atoms with van der Waals surface area (Å²) in [6, 6.07) is 0. The third-order valence-electron chi connectivity index (χ3n) is 3.00. The number of aliphatic hydroxyl groups is 1. The van der Waals surface area contributed by atoms with Crippen molar-refractivity contribution in [3.05, 3.63) is 18.0 Å². The van der Waals surface area contributed by atoms with Gasteiger partial charge in [-0.3, -0.25) is 4.98 Å². The molecule has 0 amide bonds. The van der Waals surface area contributed by atoms with Gasteiger partial charge in [0, 0.05) is 11.0 Å². The van der Waals surface area contributed by atoms with Gasteiger partial charge >= 0.3 is 0 Å². The number of hydrogen-bond donors (Lipinski definition) is 1. The molecule has 1 saturated carbocycles. The minimum absolute atomic E-state index is 0.129. The minimum atomic E-state index is -0.167. The zero-order chi connectivity index (χ0) is 10.9. The third kappa shape index (κ3) is 1.55. The number of ether oxygens (including phenoxy) is 2. The van der Waals surface area contributed by atoms with Crippen LogP contribution in [0.1, 0.15) is 18.4 Å². The first-order valence-corrected chi connectivity index (χ1v) is 4.95. The van der Waals surface area contributed by atoms with E-state index in [2.05, 4.69) is 4.98 Å². The summed E-state index contributed by atoms with van der Waals surface area (Å²) in [5, 5.41) is 9.42. The molecular weight excluding hydrogens is 194 g/mol. The smallest absolute Gasteiger partial charge is 0.144 e. The molecule has 0 unspecified atom stereocenters. The fraction of sp³-hybridized carbons (Fsp3) is 0.545. The van der Waals surface area contributed by atoms with E-state index in [1.54, 1.807) is 26.6 Å². The van der Waals surface area contributed by atoms with Gasteiger partial charge in [-0.25, -0.2) is 0 Å². The van der Waals surface area contributed by atoms with Gasteiger partial charge in [0.1, 0.15) is 11.5 Å². The summed E-state index contributed by atoms with van der Waals surface area (Å²) in [5.41, 5.74) is 0.782. The standard InChI is InChI=1S/C11H15NO3/c1-14-8-5-12-6-9(15-2)10(8)11(7-13)3-4-11/h5-6,13H,3-4,7H2,1-2H3. The Morgan fingerprint density at radius 1 is 1.27 bits per heavy atom. The highest BCUT2D eigenvalue weighted by Crippen LogP contribution is 2.53. The Hall–Kier alpha value is -1.29. The van der Waals surface area contributed by atoms with Crippen LogP contribution in [0.15, 0.2) is 12.4 Å². The zero-order valence-corrected chi connectivity index (χ0v) is 8.99. The average molecular weight is 209 g/mol. The molecule has 4 nitrogen and oxygen atoms in total. The molecule has 1 aromatic rings. The van der Waals surface area contributed by atoms with E-state index < -0.39 is 0 Å². The predicted molar refractivity (Wildman–Crippen MR) is 55.3 cm³/mol. The van der Waals surface area contributed by atoms with Gasteiger partial charge in [0.05, 0.1) is 33.2 Å². The molecule has 0 aliphatic heterocycles. The van der Waals surface area contributed by atoms with Crippen LogP contribution in [0.5, 0.6) is 11.5 Å². The first-order valence-electron chi connectivity index (χ1n) is 4.95. The lowest BCUT2D eigenvalue weighted by atomic mass is 9.96. The highest BCUT2D eigenvalue weighted by atomic mass is 16.5. The first-order chi connectivity index (χ1) is 7.27. The molecule has 0 saturated heterocycles. The molecule has 4 heteroatoms. The lowest BCUT2D eigenvalue weighted by molar-refractivity contribution is 0.247. The summed E-state index contributed by atoms with van der Waals surface area (Å²) in [6.07, 6.45) is 5.27. The van der Waals surface area contributed by atoms with E-state index in [-0.39, 0.29) is 12.0 Å². The van der Waals surface area contributed by atoms with Gasteiger partial charge in [-0.05, 0) is 12.8 Å².